The Labute approximate surface area is 145 Å². The molecule has 0 aromatic carbocycles. The molecule has 0 amide bonds. The van der Waals surface area contributed by atoms with Gasteiger partial charge in [-0.2, -0.15) is 14.5 Å². The SMILES string of the molecule is Cn1cc(Nc2ncc(F)c(OC[C@H]3CC[C@H](C)CC3)n2)c(Cl)n1. The lowest BCUT2D eigenvalue weighted by atomic mass is 9.83. The maximum Gasteiger partial charge on any atom is 0.255 e. The second kappa shape index (κ2) is 7.34. The van der Waals surface area contributed by atoms with Gasteiger partial charge in [0.15, 0.2) is 5.15 Å². The smallest absolute Gasteiger partial charge is 0.255 e. The molecule has 1 fully saturated rings. The molecule has 2 aromatic rings. The monoisotopic (exact) mass is 353 g/mol. The van der Waals surface area contributed by atoms with Gasteiger partial charge < -0.3 is 10.1 Å². The number of halogens is 2. The topological polar surface area (TPSA) is 64.9 Å². The summed E-state index contributed by atoms with van der Waals surface area (Å²) in [6.07, 6.45) is 7.42. The molecule has 8 heteroatoms. The minimum atomic E-state index is -0.568. The highest BCUT2D eigenvalue weighted by Gasteiger charge is 2.20. The second-order valence-corrected chi connectivity index (χ2v) is 6.77. The number of rotatable bonds is 5. The Morgan fingerprint density at radius 3 is 2.79 bits per heavy atom. The van der Waals surface area contributed by atoms with E-state index in [4.69, 9.17) is 16.3 Å². The summed E-state index contributed by atoms with van der Waals surface area (Å²) in [7, 11) is 1.75. The molecular weight excluding hydrogens is 333 g/mol. The molecule has 0 aliphatic heterocycles. The molecule has 2 aromatic heterocycles. The Hall–Kier alpha value is -1.89. The third-order valence-corrected chi connectivity index (χ3v) is 4.61. The molecule has 0 atom stereocenters. The summed E-state index contributed by atoms with van der Waals surface area (Å²) in [5, 5.41) is 7.23. The van der Waals surface area contributed by atoms with Crippen molar-refractivity contribution in [1.29, 1.82) is 0 Å². The van der Waals surface area contributed by atoms with Gasteiger partial charge in [0.1, 0.15) is 0 Å². The van der Waals surface area contributed by atoms with Gasteiger partial charge in [-0.1, -0.05) is 31.4 Å². The quantitative estimate of drug-likeness (QED) is 0.881. The van der Waals surface area contributed by atoms with E-state index in [2.05, 4.69) is 27.3 Å². The number of aryl methyl sites for hydroxylation is 1. The van der Waals surface area contributed by atoms with Crippen molar-refractivity contribution in [3.05, 3.63) is 23.4 Å². The number of ether oxygens (including phenoxy) is 1. The van der Waals surface area contributed by atoms with Gasteiger partial charge in [0.25, 0.3) is 5.88 Å². The van der Waals surface area contributed by atoms with Crippen LogP contribution in [0, 0.1) is 17.7 Å². The van der Waals surface area contributed by atoms with Gasteiger partial charge in [-0.3, -0.25) is 4.68 Å². The molecule has 130 valence electrons. The van der Waals surface area contributed by atoms with Gasteiger partial charge in [-0.05, 0) is 24.7 Å². The molecule has 0 saturated heterocycles. The zero-order valence-electron chi connectivity index (χ0n) is 13.8. The van der Waals surface area contributed by atoms with Crippen LogP contribution in [0.1, 0.15) is 32.6 Å². The van der Waals surface area contributed by atoms with E-state index >= 15 is 0 Å². The van der Waals surface area contributed by atoms with Crippen LogP contribution < -0.4 is 10.1 Å². The summed E-state index contributed by atoms with van der Waals surface area (Å²) < 4.78 is 21.1. The Morgan fingerprint density at radius 2 is 2.12 bits per heavy atom. The maximum atomic E-state index is 13.9. The molecule has 1 N–H and O–H groups in total. The fourth-order valence-electron chi connectivity index (χ4n) is 2.87. The lowest BCUT2D eigenvalue weighted by Crippen LogP contribution is -2.19. The van der Waals surface area contributed by atoms with Crippen LogP contribution in [0.5, 0.6) is 5.88 Å². The summed E-state index contributed by atoms with van der Waals surface area (Å²) in [6.45, 7) is 2.75. The summed E-state index contributed by atoms with van der Waals surface area (Å²) in [6, 6.07) is 0. The van der Waals surface area contributed by atoms with E-state index in [-0.39, 0.29) is 11.8 Å². The standard InChI is InChI=1S/C16H21ClFN5O/c1-10-3-5-11(6-4-10)9-24-15-12(18)7-19-16(21-15)20-13-8-23(2)22-14(13)17/h7-8,10-11H,3-6,9H2,1-2H3,(H,19,20,21)/t10-,11-. The normalized spacial score (nSPS) is 20.8. The van der Waals surface area contributed by atoms with E-state index in [0.717, 1.165) is 25.0 Å². The van der Waals surface area contributed by atoms with Gasteiger partial charge >= 0.3 is 0 Å². The first kappa shape index (κ1) is 17.0. The van der Waals surface area contributed by atoms with Crippen molar-refractivity contribution in [2.24, 2.45) is 18.9 Å². The average Bonchev–Trinajstić information content (AvgIpc) is 2.87. The van der Waals surface area contributed by atoms with E-state index in [1.807, 2.05) is 0 Å². The number of hydrogen-bond acceptors (Lipinski definition) is 5. The van der Waals surface area contributed by atoms with E-state index in [0.29, 0.717) is 23.4 Å². The molecule has 0 spiro atoms. The molecule has 2 heterocycles. The van der Waals surface area contributed by atoms with Gasteiger partial charge in [0, 0.05) is 13.2 Å². The first-order valence-electron chi connectivity index (χ1n) is 8.12. The third-order valence-electron chi connectivity index (χ3n) is 4.33. The maximum absolute atomic E-state index is 13.9. The van der Waals surface area contributed by atoms with Crippen LogP contribution in [-0.4, -0.2) is 26.4 Å². The minimum absolute atomic E-state index is 0.0360. The average molecular weight is 354 g/mol. The van der Waals surface area contributed by atoms with E-state index in [9.17, 15) is 4.39 Å². The minimum Gasteiger partial charge on any atom is -0.475 e. The van der Waals surface area contributed by atoms with Crippen molar-refractivity contribution >= 4 is 23.2 Å². The number of nitrogens with one attached hydrogen (secondary N) is 1. The summed E-state index contributed by atoms with van der Waals surface area (Å²) in [5.74, 6) is 0.850. The number of nitrogens with zero attached hydrogens (tertiary/aromatic N) is 4. The molecule has 0 unspecified atom stereocenters. The van der Waals surface area contributed by atoms with Crippen LogP contribution in [0.2, 0.25) is 5.15 Å². The Balaban J connectivity index is 1.64. The van der Waals surface area contributed by atoms with Crippen molar-refractivity contribution in [1.82, 2.24) is 19.7 Å². The zero-order valence-corrected chi connectivity index (χ0v) is 14.6. The van der Waals surface area contributed by atoms with Gasteiger partial charge in [0.2, 0.25) is 11.8 Å². The second-order valence-electron chi connectivity index (χ2n) is 6.42. The van der Waals surface area contributed by atoms with Crippen LogP contribution in [0.25, 0.3) is 0 Å². The van der Waals surface area contributed by atoms with Gasteiger partial charge in [-0.25, -0.2) is 4.98 Å². The number of aromatic nitrogens is 4. The molecule has 1 saturated carbocycles. The first-order valence-corrected chi connectivity index (χ1v) is 8.50. The van der Waals surface area contributed by atoms with Crippen molar-refractivity contribution in [3.63, 3.8) is 0 Å². The lowest BCUT2D eigenvalue weighted by Gasteiger charge is -2.25. The number of hydrogen-bond donors (Lipinski definition) is 1. The Bertz CT molecular complexity index is 700. The first-order chi connectivity index (χ1) is 11.5. The largest absolute Gasteiger partial charge is 0.475 e. The Kier molecular flexibility index (Phi) is 5.18. The summed E-state index contributed by atoms with van der Waals surface area (Å²) in [5.41, 5.74) is 0.554. The van der Waals surface area contributed by atoms with Crippen LogP contribution in [0.4, 0.5) is 16.0 Å². The lowest BCUT2D eigenvalue weighted by molar-refractivity contribution is 0.178. The molecule has 1 aliphatic rings. The molecule has 3 rings (SSSR count). The van der Waals surface area contributed by atoms with Crippen LogP contribution >= 0.6 is 11.6 Å². The Morgan fingerprint density at radius 1 is 1.38 bits per heavy atom. The van der Waals surface area contributed by atoms with Gasteiger partial charge in [0.05, 0.1) is 18.5 Å². The molecule has 6 nitrogen and oxygen atoms in total. The van der Waals surface area contributed by atoms with Crippen LogP contribution in [0.3, 0.4) is 0 Å². The summed E-state index contributed by atoms with van der Waals surface area (Å²) in [4.78, 5) is 8.02. The van der Waals surface area contributed by atoms with Crippen molar-refractivity contribution in [2.45, 2.75) is 32.6 Å². The molecule has 1 aliphatic carbocycles. The fraction of sp³-hybridized carbons (Fsp3) is 0.562. The number of anilines is 2. The molecule has 0 bridgehead atoms. The molecular formula is C16H21ClFN5O. The van der Waals surface area contributed by atoms with E-state index in [1.165, 1.54) is 12.8 Å². The zero-order chi connectivity index (χ0) is 17.1. The highest BCUT2D eigenvalue weighted by Crippen LogP contribution is 2.29. The van der Waals surface area contributed by atoms with Crippen molar-refractivity contribution < 1.29 is 9.13 Å². The predicted molar refractivity (Wildman–Crippen MR) is 90.1 cm³/mol. The highest BCUT2D eigenvalue weighted by molar-refractivity contribution is 6.32. The van der Waals surface area contributed by atoms with Crippen molar-refractivity contribution in [3.8, 4) is 5.88 Å². The third kappa shape index (κ3) is 4.14. The van der Waals surface area contributed by atoms with Gasteiger partial charge in [-0.15, -0.1) is 0 Å². The fourth-order valence-corrected chi connectivity index (χ4v) is 3.09. The predicted octanol–water partition coefficient (Wildman–Crippen LogP) is 3.95. The summed E-state index contributed by atoms with van der Waals surface area (Å²) >= 11 is 5.99. The molecule has 24 heavy (non-hydrogen) atoms. The van der Waals surface area contributed by atoms with E-state index in [1.54, 1.807) is 17.9 Å². The van der Waals surface area contributed by atoms with Crippen LogP contribution in [0.15, 0.2) is 12.4 Å². The van der Waals surface area contributed by atoms with E-state index < -0.39 is 5.82 Å². The molecule has 0 radical (unpaired) electrons. The van der Waals surface area contributed by atoms with Crippen molar-refractivity contribution in [2.75, 3.05) is 11.9 Å². The highest BCUT2D eigenvalue weighted by atomic mass is 35.5. The van der Waals surface area contributed by atoms with Crippen LogP contribution in [-0.2, 0) is 7.05 Å².